The molecule has 0 saturated carbocycles. The normalized spacial score (nSPS) is 10.4. The third-order valence-corrected chi connectivity index (χ3v) is 5.05. The molecule has 0 saturated heterocycles. The van der Waals surface area contributed by atoms with Crippen LogP contribution in [0.5, 0.6) is 5.75 Å². The van der Waals surface area contributed by atoms with Gasteiger partial charge in [-0.3, -0.25) is 9.59 Å². The molecule has 0 aliphatic heterocycles. The van der Waals surface area contributed by atoms with Crippen LogP contribution in [-0.2, 0) is 17.6 Å². The molecular weight excluding hydrogens is 388 g/mol. The summed E-state index contributed by atoms with van der Waals surface area (Å²) in [5.74, 6) is 0.132. The Kier molecular flexibility index (Phi) is 7.29. The predicted molar refractivity (Wildman–Crippen MR) is 112 cm³/mol. The van der Waals surface area contributed by atoms with Gasteiger partial charge in [0.1, 0.15) is 10.8 Å². The molecule has 7 nitrogen and oxygen atoms in total. The smallest absolute Gasteiger partial charge is 0.251 e. The largest absolute Gasteiger partial charge is 0.497 e. The van der Waals surface area contributed by atoms with E-state index >= 15 is 0 Å². The monoisotopic (exact) mass is 410 g/mol. The quantitative estimate of drug-likeness (QED) is 0.565. The van der Waals surface area contributed by atoms with E-state index in [4.69, 9.17) is 4.74 Å². The molecule has 3 aromatic rings. The van der Waals surface area contributed by atoms with E-state index in [0.717, 1.165) is 17.8 Å². The lowest BCUT2D eigenvalue weighted by Crippen LogP contribution is -2.27. The summed E-state index contributed by atoms with van der Waals surface area (Å²) in [5, 5.41) is 14.9. The number of amides is 2. The zero-order valence-corrected chi connectivity index (χ0v) is 16.9. The summed E-state index contributed by atoms with van der Waals surface area (Å²) in [4.78, 5) is 24.2. The van der Waals surface area contributed by atoms with E-state index in [1.165, 1.54) is 16.9 Å². The average Bonchev–Trinajstić information content (AvgIpc) is 3.20. The third kappa shape index (κ3) is 6.39. The summed E-state index contributed by atoms with van der Waals surface area (Å²) >= 11 is 1.37. The first-order valence-electron chi connectivity index (χ1n) is 9.22. The van der Waals surface area contributed by atoms with Crippen LogP contribution in [0.1, 0.15) is 27.3 Å². The minimum atomic E-state index is -0.254. The molecule has 0 bridgehead atoms. The number of anilines is 1. The van der Waals surface area contributed by atoms with Crippen molar-refractivity contribution in [2.24, 2.45) is 0 Å². The maximum Gasteiger partial charge on any atom is 0.251 e. The van der Waals surface area contributed by atoms with Gasteiger partial charge in [-0.15, -0.1) is 10.2 Å². The maximum atomic E-state index is 12.1. The number of carbonyl (C=O) groups excluding carboxylic acids is 2. The Balaban J connectivity index is 1.40. The van der Waals surface area contributed by atoms with Gasteiger partial charge in [0.2, 0.25) is 11.0 Å². The molecule has 1 heterocycles. The summed E-state index contributed by atoms with van der Waals surface area (Å²) in [7, 11) is 1.54. The van der Waals surface area contributed by atoms with E-state index in [1.807, 2.05) is 18.2 Å². The van der Waals surface area contributed by atoms with E-state index in [-0.39, 0.29) is 24.8 Å². The topological polar surface area (TPSA) is 93.2 Å². The van der Waals surface area contributed by atoms with Gasteiger partial charge in [-0.05, 0) is 30.2 Å². The number of rotatable bonds is 9. The number of hydrogen-bond acceptors (Lipinski definition) is 6. The van der Waals surface area contributed by atoms with Crippen LogP contribution >= 0.6 is 11.3 Å². The number of nitrogens with one attached hydrogen (secondary N) is 2. The van der Waals surface area contributed by atoms with Crippen LogP contribution < -0.4 is 15.4 Å². The fourth-order valence-corrected chi connectivity index (χ4v) is 3.39. The Morgan fingerprint density at radius 3 is 2.66 bits per heavy atom. The Hall–Kier alpha value is -3.26. The van der Waals surface area contributed by atoms with Crippen LogP contribution in [-0.4, -0.2) is 35.7 Å². The number of methoxy groups -OCH3 is 1. The molecule has 8 heteroatoms. The fourth-order valence-electron chi connectivity index (χ4n) is 2.64. The first-order chi connectivity index (χ1) is 14.1. The van der Waals surface area contributed by atoms with Crippen LogP contribution in [0.15, 0.2) is 54.6 Å². The van der Waals surface area contributed by atoms with Crippen LogP contribution in [0, 0.1) is 0 Å². The Labute approximate surface area is 173 Å². The van der Waals surface area contributed by atoms with Crippen molar-refractivity contribution in [2.75, 3.05) is 19.0 Å². The highest BCUT2D eigenvalue weighted by molar-refractivity contribution is 7.15. The van der Waals surface area contributed by atoms with Crippen LogP contribution in [0.2, 0.25) is 0 Å². The lowest BCUT2D eigenvalue weighted by Gasteiger charge is -2.06. The molecule has 0 unspecified atom stereocenters. The highest BCUT2D eigenvalue weighted by atomic mass is 32.1. The highest BCUT2D eigenvalue weighted by Crippen LogP contribution is 2.17. The number of aromatic nitrogens is 2. The van der Waals surface area contributed by atoms with Gasteiger partial charge < -0.3 is 15.4 Å². The molecule has 1 aromatic heterocycles. The molecule has 0 radical (unpaired) electrons. The number of benzene rings is 2. The molecule has 150 valence electrons. The van der Waals surface area contributed by atoms with Crippen molar-refractivity contribution in [1.29, 1.82) is 0 Å². The minimum Gasteiger partial charge on any atom is -0.497 e. The zero-order chi connectivity index (χ0) is 20.5. The van der Waals surface area contributed by atoms with Crippen molar-refractivity contribution in [3.8, 4) is 5.75 Å². The van der Waals surface area contributed by atoms with Gasteiger partial charge in [0, 0.05) is 24.9 Å². The molecule has 0 aliphatic rings. The van der Waals surface area contributed by atoms with Crippen molar-refractivity contribution in [3.05, 3.63) is 70.7 Å². The molecule has 0 atom stereocenters. The maximum absolute atomic E-state index is 12.1. The van der Waals surface area contributed by atoms with Crippen LogP contribution in [0.25, 0.3) is 0 Å². The lowest BCUT2D eigenvalue weighted by molar-refractivity contribution is -0.116. The first-order valence-corrected chi connectivity index (χ1v) is 10.0. The molecule has 2 N–H and O–H groups in total. The Morgan fingerprint density at radius 1 is 1.03 bits per heavy atom. The van der Waals surface area contributed by atoms with Crippen molar-refractivity contribution in [1.82, 2.24) is 15.5 Å². The first kappa shape index (κ1) is 20.5. The average molecular weight is 410 g/mol. The van der Waals surface area contributed by atoms with Crippen molar-refractivity contribution < 1.29 is 14.3 Å². The molecular formula is C21H22N4O3S. The SMILES string of the molecule is COc1cccc(C(=O)NCCC(=O)Nc2nnc(CCc3ccccc3)s2)c1. The van der Waals surface area contributed by atoms with Crippen molar-refractivity contribution >= 4 is 28.3 Å². The van der Waals surface area contributed by atoms with Crippen molar-refractivity contribution in [2.45, 2.75) is 19.3 Å². The summed E-state index contributed by atoms with van der Waals surface area (Å²) < 4.78 is 5.10. The van der Waals surface area contributed by atoms with Crippen molar-refractivity contribution in [3.63, 3.8) is 0 Å². The summed E-state index contributed by atoms with van der Waals surface area (Å²) in [6.45, 7) is 0.224. The van der Waals surface area contributed by atoms with E-state index in [9.17, 15) is 9.59 Å². The summed E-state index contributed by atoms with van der Waals surface area (Å²) in [6.07, 6.45) is 1.79. The van der Waals surface area contributed by atoms with Gasteiger partial charge in [0.05, 0.1) is 7.11 Å². The van der Waals surface area contributed by atoms with Crippen LogP contribution in [0.3, 0.4) is 0 Å². The zero-order valence-electron chi connectivity index (χ0n) is 16.1. The molecule has 2 aromatic carbocycles. The van der Waals surface area contributed by atoms with Gasteiger partial charge in [0.15, 0.2) is 0 Å². The lowest BCUT2D eigenvalue weighted by atomic mass is 10.1. The van der Waals surface area contributed by atoms with Gasteiger partial charge in [-0.25, -0.2) is 0 Å². The number of aryl methyl sites for hydroxylation is 2. The molecule has 0 aliphatic carbocycles. The minimum absolute atomic E-state index is 0.147. The van der Waals surface area contributed by atoms with Crippen LogP contribution in [0.4, 0.5) is 5.13 Å². The van der Waals surface area contributed by atoms with E-state index in [2.05, 4.69) is 33.0 Å². The number of nitrogens with zero attached hydrogens (tertiary/aromatic N) is 2. The fraction of sp³-hybridized carbons (Fsp3) is 0.238. The second-order valence-electron chi connectivity index (χ2n) is 6.27. The third-order valence-electron chi connectivity index (χ3n) is 4.15. The molecule has 0 fully saturated rings. The second kappa shape index (κ2) is 10.3. The number of carbonyl (C=O) groups is 2. The standard InChI is InChI=1S/C21H22N4O3S/c1-28-17-9-5-8-16(14-17)20(27)22-13-12-18(26)23-21-25-24-19(29-21)11-10-15-6-3-2-4-7-15/h2-9,14H,10-13H2,1H3,(H,22,27)(H,23,25,26). The second-order valence-corrected chi connectivity index (χ2v) is 7.33. The highest BCUT2D eigenvalue weighted by Gasteiger charge is 2.10. The Morgan fingerprint density at radius 2 is 1.86 bits per heavy atom. The van der Waals surface area contributed by atoms with E-state index < -0.39 is 0 Å². The van der Waals surface area contributed by atoms with Gasteiger partial charge in [-0.1, -0.05) is 47.7 Å². The van der Waals surface area contributed by atoms with Gasteiger partial charge in [-0.2, -0.15) is 0 Å². The molecule has 3 rings (SSSR count). The number of hydrogen-bond donors (Lipinski definition) is 2. The molecule has 2 amide bonds. The number of ether oxygens (including phenoxy) is 1. The van der Waals surface area contributed by atoms with Gasteiger partial charge >= 0.3 is 0 Å². The van der Waals surface area contributed by atoms with Gasteiger partial charge in [0.25, 0.3) is 5.91 Å². The Bertz CT molecular complexity index is 959. The summed E-state index contributed by atoms with van der Waals surface area (Å²) in [6, 6.07) is 17.0. The molecule has 0 spiro atoms. The predicted octanol–water partition coefficient (Wildman–Crippen LogP) is 3.09. The summed E-state index contributed by atoms with van der Waals surface area (Å²) in [5.41, 5.74) is 1.72. The van der Waals surface area contributed by atoms with E-state index in [0.29, 0.717) is 16.4 Å². The molecule has 29 heavy (non-hydrogen) atoms. The van der Waals surface area contributed by atoms with E-state index in [1.54, 1.807) is 31.4 Å².